The number of nitrogens with zero attached hydrogens (tertiary/aromatic N) is 1. The Morgan fingerprint density at radius 2 is 1.77 bits per heavy atom. The molecule has 0 radical (unpaired) electrons. The van der Waals surface area contributed by atoms with E-state index in [4.69, 9.17) is 0 Å². The van der Waals surface area contributed by atoms with Gasteiger partial charge in [0.25, 0.3) is 0 Å². The van der Waals surface area contributed by atoms with Crippen LogP contribution in [0.3, 0.4) is 0 Å². The first-order chi connectivity index (χ1) is 14.6. The van der Waals surface area contributed by atoms with Crippen molar-refractivity contribution in [2.24, 2.45) is 5.92 Å². The summed E-state index contributed by atoms with van der Waals surface area (Å²) in [5.74, 6) is -0.0229. The van der Waals surface area contributed by atoms with Crippen molar-refractivity contribution in [1.29, 1.82) is 0 Å². The number of hydrogen-bond donors (Lipinski definition) is 3. The van der Waals surface area contributed by atoms with Crippen LogP contribution in [-0.4, -0.2) is 36.0 Å². The fourth-order valence-electron chi connectivity index (χ4n) is 4.60. The second-order valence-electron chi connectivity index (χ2n) is 8.58. The molecule has 30 heavy (non-hydrogen) atoms. The lowest BCUT2D eigenvalue weighted by molar-refractivity contribution is -0.123. The SMILES string of the molecule is CC1NNC(c2ccc(F)cc2)C1CC(=O)NC1CCN(Cc2ccccc2)CC1. The molecule has 2 aromatic rings. The van der Waals surface area contributed by atoms with Gasteiger partial charge < -0.3 is 5.32 Å². The number of halogens is 1. The number of carbonyl (C=O) groups is 1. The van der Waals surface area contributed by atoms with Crippen LogP contribution in [0.2, 0.25) is 0 Å². The van der Waals surface area contributed by atoms with E-state index in [-0.39, 0.29) is 35.8 Å². The molecule has 1 amide bonds. The van der Waals surface area contributed by atoms with Gasteiger partial charge in [-0.25, -0.2) is 9.82 Å². The number of piperidine rings is 1. The summed E-state index contributed by atoms with van der Waals surface area (Å²) < 4.78 is 13.3. The summed E-state index contributed by atoms with van der Waals surface area (Å²) in [7, 11) is 0. The van der Waals surface area contributed by atoms with Gasteiger partial charge in [0.1, 0.15) is 5.82 Å². The van der Waals surface area contributed by atoms with Crippen LogP contribution in [0.1, 0.15) is 43.4 Å². The third-order valence-corrected chi connectivity index (χ3v) is 6.39. The highest BCUT2D eigenvalue weighted by atomic mass is 19.1. The summed E-state index contributed by atoms with van der Waals surface area (Å²) in [5.41, 5.74) is 8.85. The van der Waals surface area contributed by atoms with Crippen molar-refractivity contribution in [2.75, 3.05) is 13.1 Å². The first-order valence-electron chi connectivity index (χ1n) is 10.9. The molecule has 2 aliphatic heterocycles. The van der Waals surface area contributed by atoms with E-state index in [0.29, 0.717) is 6.42 Å². The van der Waals surface area contributed by atoms with Crippen LogP contribution in [0.5, 0.6) is 0 Å². The van der Waals surface area contributed by atoms with Crippen molar-refractivity contribution in [3.05, 3.63) is 71.5 Å². The highest BCUT2D eigenvalue weighted by molar-refractivity contribution is 5.76. The third kappa shape index (κ3) is 5.25. The molecule has 3 N–H and O–H groups in total. The molecule has 2 saturated heterocycles. The lowest BCUT2D eigenvalue weighted by Crippen LogP contribution is -2.45. The molecule has 2 fully saturated rings. The molecule has 4 rings (SSSR count). The molecule has 0 saturated carbocycles. The minimum Gasteiger partial charge on any atom is -0.353 e. The van der Waals surface area contributed by atoms with Crippen LogP contribution in [-0.2, 0) is 11.3 Å². The summed E-state index contributed by atoms with van der Waals surface area (Å²) in [6, 6.07) is 17.5. The zero-order valence-electron chi connectivity index (χ0n) is 17.5. The van der Waals surface area contributed by atoms with Crippen LogP contribution in [0.4, 0.5) is 4.39 Å². The van der Waals surface area contributed by atoms with Gasteiger partial charge >= 0.3 is 0 Å². The molecule has 6 heteroatoms. The van der Waals surface area contributed by atoms with E-state index >= 15 is 0 Å². The molecule has 160 valence electrons. The van der Waals surface area contributed by atoms with Gasteiger partial charge in [0, 0.05) is 44.1 Å². The zero-order chi connectivity index (χ0) is 20.9. The number of nitrogens with one attached hydrogen (secondary N) is 3. The Balaban J connectivity index is 1.26. The number of amides is 1. The Morgan fingerprint density at radius 3 is 2.47 bits per heavy atom. The van der Waals surface area contributed by atoms with Crippen molar-refractivity contribution in [3.63, 3.8) is 0 Å². The summed E-state index contributed by atoms with van der Waals surface area (Å²) in [6.07, 6.45) is 2.42. The zero-order valence-corrected chi connectivity index (χ0v) is 17.5. The molecular weight excluding hydrogens is 379 g/mol. The van der Waals surface area contributed by atoms with E-state index in [1.54, 1.807) is 12.1 Å². The second-order valence-corrected chi connectivity index (χ2v) is 8.58. The molecule has 0 spiro atoms. The molecule has 3 unspecified atom stereocenters. The summed E-state index contributed by atoms with van der Waals surface area (Å²) in [4.78, 5) is 15.2. The molecule has 2 heterocycles. The van der Waals surface area contributed by atoms with Gasteiger partial charge in [-0.15, -0.1) is 0 Å². The number of hydrogen-bond acceptors (Lipinski definition) is 4. The number of benzene rings is 2. The van der Waals surface area contributed by atoms with Crippen LogP contribution in [0.25, 0.3) is 0 Å². The monoisotopic (exact) mass is 410 g/mol. The van der Waals surface area contributed by atoms with Crippen LogP contribution >= 0.6 is 0 Å². The van der Waals surface area contributed by atoms with Crippen molar-refractivity contribution >= 4 is 5.91 Å². The first kappa shape index (κ1) is 21.0. The standard InChI is InChI=1S/C24H31FN4O/c1-17-22(24(28-27-17)19-7-9-20(25)10-8-19)15-23(30)26-21-11-13-29(14-12-21)16-18-5-3-2-4-6-18/h2-10,17,21-22,24,27-28H,11-16H2,1H3,(H,26,30). The van der Waals surface area contributed by atoms with Crippen molar-refractivity contribution in [2.45, 2.75) is 50.9 Å². The van der Waals surface area contributed by atoms with Gasteiger partial charge in [-0.3, -0.25) is 15.1 Å². The van der Waals surface area contributed by atoms with Crippen molar-refractivity contribution < 1.29 is 9.18 Å². The summed E-state index contributed by atoms with van der Waals surface area (Å²) in [6.45, 7) is 5.05. The quantitative estimate of drug-likeness (QED) is 0.685. The summed E-state index contributed by atoms with van der Waals surface area (Å²) >= 11 is 0. The average molecular weight is 411 g/mol. The maximum absolute atomic E-state index is 13.3. The van der Waals surface area contributed by atoms with Gasteiger partial charge in [0.15, 0.2) is 0 Å². The molecule has 0 aromatic heterocycles. The minimum absolute atomic E-state index is 0.000861. The first-order valence-corrected chi connectivity index (χ1v) is 10.9. The fourth-order valence-corrected chi connectivity index (χ4v) is 4.60. The van der Waals surface area contributed by atoms with Crippen LogP contribution < -0.4 is 16.2 Å². The molecule has 5 nitrogen and oxygen atoms in total. The Kier molecular flexibility index (Phi) is 6.77. The topological polar surface area (TPSA) is 56.4 Å². The predicted molar refractivity (Wildman–Crippen MR) is 116 cm³/mol. The van der Waals surface area contributed by atoms with Crippen molar-refractivity contribution in [1.82, 2.24) is 21.1 Å². The Bertz CT molecular complexity index is 821. The van der Waals surface area contributed by atoms with Crippen molar-refractivity contribution in [3.8, 4) is 0 Å². The molecule has 2 aliphatic rings. The minimum atomic E-state index is -0.245. The van der Waals surface area contributed by atoms with Gasteiger partial charge in [0.2, 0.25) is 5.91 Å². The van der Waals surface area contributed by atoms with E-state index in [0.717, 1.165) is 38.0 Å². The number of likely N-dealkylation sites (tertiary alicyclic amines) is 1. The highest BCUT2D eigenvalue weighted by Crippen LogP contribution is 2.31. The normalized spacial score (nSPS) is 25.3. The third-order valence-electron chi connectivity index (χ3n) is 6.39. The van der Waals surface area contributed by atoms with E-state index in [1.807, 2.05) is 6.07 Å². The number of rotatable bonds is 6. The molecule has 3 atom stereocenters. The van der Waals surface area contributed by atoms with Gasteiger partial charge in [-0.05, 0) is 43.0 Å². The molecule has 2 aromatic carbocycles. The van der Waals surface area contributed by atoms with Gasteiger partial charge in [-0.1, -0.05) is 42.5 Å². The average Bonchev–Trinajstić information content (AvgIpc) is 3.11. The lowest BCUT2D eigenvalue weighted by Gasteiger charge is -2.32. The smallest absolute Gasteiger partial charge is 0.220 e. The molecular formula is C24H31FN4O. The highest BCUT2D eigenvalue weighted by Gasteiger charge is 2.36. The van der Waals surface area contributed by atoms with E-state index in [9.17, 15) is 9.18 Å². The van der Waals surface area contributed by atoms with E-state index in [1.165, 1.54) is 17.7 Å². The van der Waals surface area contributed by atoms with Crippen LogP contribution in [0, 0.1) is 11.7 Å². The predicted octanol–water partition coefficient (Wildman–Crippen LogP) is 3.15. The maximum Gasteiger partial charge on any atom is 0.220 e. The van der Waals surface area contributed by atoms with Crippen LogP contribution in [0.15, 0.2) is 54.6 Å². The number of hydrazine groups is 1. The lowest BCUT2D eigenvalue weighted by atomic mass is 9.87. The molecule has 0 aliphatic carbocycles. The number of carbonyl (C=O) groups excluding carboxylic acids is 1. The van der Waals surface area contributed by atoms with Gasteiger partial charge in [0.05, 0.1) is 6.04 Å². The largest absolute Gasteiger partial charge is 0.353 e. The molecule has 0 bridgehead atoms. The van der Waals surface area contributed by atoms with Gasteiger partial charge in [-0.2, -0.15) is 0 Å². The van der Waals surface area contributed by atoms with E-state index in [2.05, 4.69) is 52.3 Å². The Hall–Kier alpha value is -2.28. The Morgan fingerprint density at radius 1 is 1.07 bits per heavy atom. The maximum atomic E-state index is 13.3. The Labute approximate surface area is 178 Å². The summed E-state index contributed by atoms with van der Waals surface area (Å²) in [5, 5.41) is 3.25. The fraction of sp³-hybridized carbons (Fsp3) is 0.458. The second kappa shape index (κ2) is 9.69. The van der Waals surface area contributed by atoms with E-state index < -0.39 is 0 Å².